The van der Waals surface area contributed by atoms with Gasteiger partial charge in [-0.25, -0.2) is 0 Å². The van der Waals surface area contributed by atoms with Gasteiger partial charge in [-0.15, -0.1) is 0 Å². The molecular weight excluding hydrogens is 226 g/mol. The van der Waals surface area contributed by atoms with Gasteiger partial charge in [0.25, 0.3) is 0 Å². The van der Waals surface area contributed by atoms with E-state index in [-0.39, 0.29) is 17.2 Å². The number of nitrogens with two attached hydrogens (primary N) is 1. The summed E-state index contributed by atoms with van der Waals surface area (Å²) >= 11 is 0. The van der Waals surface area contributed by atoms with E-state index in [9.17, 15) is 4.79 Å². The zero-order valence-corrected chi connectivity index (χ0v) is 11.7. The molecule has 0 bridgehead atoms. The van der Waals surface area contributed by atoms with Crippen LogP contribution >= 0.6 is 0 Å². The summed E-state index contributed by atoms with van der Waals surface area (Å²) in [7, 11) is 0. The number of carbonyl (C=O) groups is 1. The van der Waals surface area contributed by atoms with Crippen LogP contribution in [0.1, 0.15) is 32.9 Å². The van der Waals surface area contributed by atoms with Gasteiger partial charge >= 0.3 is 0 Å². The van der Waals surface area contributed by atoms with Gasteiger partial charge in [-0.1, -0.05) is 20.8 Å². The Morgan fingerprint density at radius 3 is 2.67 bits per heavy atom. The number of carbonyl (C=O) groups excluding carboxylic acids is 1. The summed E-state index contributed by atoms with van der Waals surface area (Å²) in [4.78, 5) is 16.3. The van der Waals surface area contributed by atoms with E-state index in [2.05, 4.69) is 31.1 Å². The van der Waals surface area contributed by atoms with Crippen molar-refractivity contribution in [1.82, 2.24) is 4.98 Å². The Labute approximate surface area is 109 Å². The monoisotopic (exact) mass is 249 g/mol. The summed E-state index contributed by atoms with van der Waals surface area (Å²) in [6.07, 6.45) is 2.48. The van der Waals surface area contributed by atoms with E-state index in [1.165, 1.54) is 0 Å². The predicted octanol–water partition coefficient (Wildman–Crippen LogP) is 2.34. The third kappa shape index (κ3) is 4.45. The van der Waals surface area contributed by atoms with Crippen LogP contribution in [-0.4, -0.2) is 17.4 Å². The minimum absolute atomic E-state index is 0.0245. The van der Waals surface area contributed by atoms with Gasteiger partial charge in [0, 0.05) is 12.7 Å². The van der Waals surface area contributed by atoms with Gasteiger partial charge in [0.1, 0.15) is 0 Å². The molecule has 1 unspecified atom stereocenters. The maximum absolute atomic E-state index is 12.2. The van der Waals surface area contributed by atoms with E-state index >= 15 is 0 Å². The molecule has 0 aromatic carbocycles. The summed E-state index contributed by atoms with van der Waals surface area (Å²) in [6, 6.07) is 3.66. The van der Waals surface area contributed by atoms with Crippen molar-refractivity contribution in [2.24, 2.45) is 17.1 Å². The fourth-order valence-corrected chi connectivity index (χ4v) is 1.87. The topological polar surface area (TPSA) is 68.0 Å². The molecule has 1 aromatic rings. The fourth-order valence-electron chi connectivity index (χ4n) is 1.87. The third-order valence-corrected chi connectivity index (χ3v) is 2.78. The van der Waals surface area contributed by atoms with E-state index in [1.54, 1.807) is 6.20 Å². The predicted molar refractivity (Wildman–Crippen MR) is 74.2 cm³/mol. The molecule has 0 spiro atoms. The summed E-state index contributed by atoms with van der Waals surface area (Å²) < 4.78 is 0. The van der Waals surface area contributed by atoms with Crippen LogP contribution in [0.2, 0.25) is 0 Å². The van der Waals surface area contributed by atoms with Crippen LogP contribution in [0, 0.1) is 18.3 Å². The summed E-state index contributed by atoms with van der Waals surface area (Å²) in [5, 5.41) is 2.90. The lowest BCUT2D eigenvalue weighted by molar-refractivity contribution is -0.120. The molecule has 0 radical (unpaired) electrons. The molecule has 4 heteroatoms. The number of hydrogen-bond donors (Lipinski definition) is 2. The normalized spacial score (nSPS) is 13.2. The zero-order chi connectivity index (χ0) is 13.8. The Morgan fingerprint density at radius 1 is 1.50 bits per heavy atom. The first kappa shape index (κ1) is 14.6. The highest BCUT2D eigenvalue weighted by atomic mass is 16.1. The quantitative estimate of drug-likeness (QED) is 0.860. The van der Waals surface area contributed by atoms with Gasteiger partial charge in [0.15, 0.2) is 0 Å². The van der Waals surface area contributed by atoms with Crippen LogP contribution in [0.4, 0.5) is 5.69 Å². The minimum atomic E-state index is -0.162. The van der Waals surface area contributed by atoms with Crippen molar-refractivity contribution in [2.45, 2.75) is 34.1 Å². The van der Waals surface area contributed by atoms with Crippen molar-refractivity contribution in [3.63, 3.8) is 0 Å². The minimum Gasteiger partial charge on any atom is -0.330 e. The molecule has 1 aromatic heterocycles. The fraction of sp³-hybridized carbons (Fsp3) is 0.571. The summed E-state index contributed by atoms with van der Waals surface area (Å²) in [6.45, 7) is 8.56. The van der Waals surface area contributed by atoms with Crippen molar-refractivity contribution in [3.8, 4) is 0 Å². The van der Waals surface area contributed by atoms with Gasteiger partial charge in [0.2, 0.25) is 5.91 Å². The maximum atomic E-state index is 12.2. The molecule has 0 fully saturated rings. The molecule has 4 nitrogen and oxygen atoms in total. The molecule has 0 aliphatic carbocycles. The van der Waals surface area contributed by atoms with Crippen molar-refractivity contribution >= 4 is 11.6 Å². The van der Waals surface area contributed by atoms with E-state index in [1.807, 2.05) is 19.1 Å². The van der Waals surface area contributed by atoms with Crippen LogP contribution in [0.5, 0.6) is 0 Å². The Balaban J connectivity index is 2.72. The molecule has 100 valence electrons. The standard InChI is InChI=1S/C14H23N3O/c1-10-12(6-5-7-16-10)17-13(18)11(9-15)8-14(2,3)4/h5-7,11H,8-9,15H2,1-4H3,(H,17,18). The van der Waals surface area contributed by atoms with Crippen LogP contribution in [0.15, 0.2) is 18.3 Å². The molecule has 0 aliphatic heterocycles. The second-order valence-corrected chi connectivity index (χ2v) is 5.82. The lowest BCUT2D eigenvalue weighted by atomic mass is 9.84. The number of aryl methyl sites for hydroxylation is 1. The van der Waals surface area contributed by atoms with Crippen molar-refractivity contribution in [1.29, 1.82) is 0 Å². The van der Waals surface area contributed by atoms with E-state index < -0.39 is 0 Å². The number of amides is 1. The van der Waals surface area contributed by atoms with Crippen molar-refractivity contribution < 1.29 is 4.79 Å². The molecule has 0 aliphatic rings. The van der Waals surface area contributed by atoms with Gasteiger partial charge in [-0.2, -0.15) is 0 Å². The second kappa shape index (κ2) is 5.96. The number of pyridine rings is 1. The van der Waals surface area contributed by atoms with E-state index in [4.69, 9.17) is 5.73 Å². The molecule has 3 N–H and O–H groups in total. The third-order valence-electron chi connectivity index (χ3n) is 2.78. The smallest absolute Gasteiger partial charge is 0.228 e. The van der Waals surface area contributed by atoms with Gasteiger partial charge in [0.05, 0.1) is 17.3 Å². The van der Waals surface area contributed by atoms with Gasteiger partial charge in [-0.05, 0) is 30.9 Å². The first-order valence-corrected chi connectivity index (χ1v) is 6.26. The number of hydrogen-bond acceptors (Lipinski definition) is 3. The largest absolute Gasteiger partial charge is 0.330 e. The Hall–Kier alpha value is -1.42. The average molecular weight is 249 g/mol. The van der Waals surface area contributed by atoms with E-state index in [0.717, 1.165) is 17.8 Å². The molecule has 1 amide bonds. The number of rotatable bonds is 4. The van der Waals surface area contributed by atoms with Crippen molar-refractivity contribution in [3.05, 3.63) is 24.0 Å². The van der Waals surface area contributed by atoms with Crippen LogP contribution in [0.3, 0.4) is 0 Å². The Bertz CT molecular complexity index is 410. The first-order chi connectivity index (χ1) is 8.33. The first-order valence-electron chi connectivity index (χ1n) is 6.26. The molecule has 0 saturated carbocycles. The Morgan fingerprint density at radius 2 is 2.17 bits per heavy atom. The summed E-state index contributed by atoms with van der Waals surface area (Å²) in [5.74, 6) is -0.187. The number of aromatic nitrogens is 1. The molecule has 1 rings (SSSR count). The Kier molecular flexibility index (Phi) is 4.84. The number of nitrogens with one attached hydrogen (secondary N) is 1. The lowest BCUT2D eigenvalue weighted by Crippen LogP contribution is -2.32. The van der Waals surface area contributed by atoms with Crippen molar-refractivity contribution in [2.75, 3.05) is 11.9 Å². The summed E-state index contributed by atoms with van der Waals surface area (Å²) in [5.41, 5.74) is 7.36. The number of anilines is 1. The highest BCUT2D eigenvalue weighted by molar-refractivity contribution is 5.93. The molecular formula is C14H23N3O. The van der Waals surface area contributed by atoms with Crippen LogP contribution in [0.25, 0.3) is 0 Å². The van der Waals surface area contributed by atoms with Crippen LogP contribution in [-0.2, 0) is 4.79 Å². The number of nitrogens with zero attached hydrogens (tertiary/aromatic N) is 1. The molecule has 18 heavy (non-hydrogen) atoms. The lowest BCUT2D eigenvalue weighted by Gasteiger charge is -2.24. The molecule has 0 saturated heterocycles. The van der Waals surface area contributed by atoms with Crippen LogP contribution < -0.4 is 11.1 Å². The zero-order valence-electron chi connectivity index (χ0n) is 11.7. The highest BCUT2D eigenvalue weighted by Gasteiger charge is 2.24. The SMILES string of the molecule is Cc1ncccc1NC(=O)C(CN)CC(C)(C)C. The second-order valence-electron chi connectivity index (χ2n) is 5.82. The molecule has 1 atom stereocenters. The average Bonchev–Trinajstić information content (AvgIpc) is 2.27. The van der Waals surface area contributed by atoms with Gasteiger partial charge < -0.3 is 11.1 Å². The highest BCUT2D eigenvalue weighted by Crippen LogP contribution is 2.25. The van der Waals surface area contributed by atoms with E-state index in [0.29, 0.717) is 6.54 Å². The molecule has 1 heterocycles. The van der Waals surface area contributed by atoms with Gasteiger partial charge in [-0.3, -0.25) is 9.78 Å². The maximum Gasteiger partial charge on any atom is 0.228 e.